The van der Waals surface area contributed by atoms with E-state index in [1.807, 2.05) is 32.9 Å². The highest BCUT2D eigenvalue weighted by atomic mass is 32.2. The van der Waals surface area contributed by atoms with Gasteiger partial charge >= 0.3 is 0 Å². The van der Waals surface area contributed by atoms with Crippen molar-refractivity contribution in [1.29, 1.82) is 0 Å². The number of rotatable bonds is 3. The average molecular weight is 281 g/mol. The molecule has 1 fully saturated rings. The Morgan fingerprint density at radius 3 is 2.42 bits per heavy atom. The van der Waals surface area contributed by atoms with Crippen molar-refractivity contribution in [3.05, 3.63) is 29.8 Å². The van der Waals surface area contributed by atoms with Gasteiger partial charge in [0.25, 0.3) is 0 Å². The summed E-state index contributed by atoms with van der Waals surface area (Å²) >= 11 is -0.948. The maximum absolute atomic E-state index is 12.6. The van der Waals surface area contributed by atoms with Crippen LogP contribution in [0.15, 0.2) is 24.3 Å². The minimum atomic E-state index is -0.948. The Hall–Kier alpha value is -0.710. The van der Waals surface area contributed by atoms with Crippen LogP contribution in [0.25, 0.3) is 0 Å². The summed E-state index contributed by atoms with van der Waals surface area (Å²) < 4.78 is 19.7. The Morgan fingerprint density at radius 1 is 1.26 bits per heavy atom. The van der Waals surface area contributed by atoms with Gasteiger partial charge in [-0.25, -0.2) is 0 Å². The summed E-state index contributed by atoms with van der Waals surface area (Å²) in [6.07, 6.45) is 2.19. The molecule has 3 nitrogen and oxygen atoms in total. The molecule has 4 heteroatoms. The number of hydrogen-bond donors (Lipinski definition) is 0. The molecule has 0 radical (unpaired) electrons. The first-order chi connectivity index (χ1) is 8.93. The van der Waals surface area contributed by atoms with Crippen molar-refractivity contribution in [2.75, 3.05) is 13.7 Å². The molecule has 0 aromatic heterocycles. The van der Waals surface area contributed by atoms with Crippen LogP contribution in [0.1, 0.15) is 45.2 Å². The first-order valence-electron chi connectivity index (χ1n) is 6.76. The molecule has 2 atom stereocenters. The number of methoxy groups -OCH3 is 1. The van der Waals surface area contributed by atoms with E-state index < -0.39 is 11.4 Å². The lowest BCUT2D eigenvalue weighted by Gasteiger charge is -2.33. The molecule has 0 N–H and O–H groups in total. The molecule has 1 aromatic rings. The zero-order valence-electron chi connectivity index (χ0n) is 12.2. The fraction of sp³-hybridized carbons (Fsp3) is 0.600. The second-order valence-electron chi connectivity index (χ2n) is 5.93. The van der Waals surface area contributed by atoms with E-state index in [1.54, 1.807) is 7.11 Å². The maximum Gasteiger partial charge on any atom is 0.137 e. The molecule has 1 aliphatic heterocycles. The molecule has 0 amide bonds. The van der Waals surface area contributed by atoms with Gasteiger partial charge in [0.15, 0.2) is 0 Å². The predicted octanol–water partition coefficient (Wildman–Crippen LogP) is 3.29. The van der Waals surface area contributed by atoms with Gasteiger partial charge in [-0.2, -0.15) is 0 Å². The lowest BCUT2D eigenvalue weighted by molar-refractivity contribution is 0.379. The number of benzene rings is 1. The van der Waals surface area contributed by atoms with Crippen molar-refractivity contribution in [2.24, 2.45) is 0 Å². The van der Waals surface area contributed by atoms with E-state index in [9.17, 15) is 4.55 Å². The first-order valence-corrected chi connectivity index (χ1v) is 7.87. The minimum Gasteiger partial charge on any atom is -0.597 e. The first kappa shape index (κ1) is 14.7. The Balaban J connectivity index is 2.18. The van der Waals surface area contributed by atoms with Crippen LogP contribution < -0.4 is 4.74 Å². The van der Waals surface area contributed by atoms with Gasteiger partial charge in [-0.3, -0.25) is 0 Å². The van der Waals surface area contributed by atoms with E-state index in [-0.39, 0.29) is 10.8 Å². The van der Waals surface area contributed by atoms with Gasteiger partial charge in [-0.1, -0.05) is 12.1 Å². The predicted molar refractivity (Wildman–Crippen MR) is 79.6 cm³/mol. The van der Waals surface area contributed by atoms with Crippen LogP contribution >= 0.6 is 0 Å². The molecular formula is C15H23NO2S. The summed E-state index contributed by atoms with van der Waals surface area (Å²) in [5, 5.41) is 0. The van der Waals surface area contributed by atoms with Crippen molar-refractivity contribution >= 4 is 11.4 Å². The average Bonchev–Trinajstić information content (AvgIpc) is 2.85. The molecule has 0 saturated carbocycles. The van der Waals surface area contributed by atoms with Crippen LogP contribution in [-0.2, 0) is 11.4 Å². The van der Waals surface area contributed by atoms with Crippen LogP contribution in [0.5, 0.6) is 5.75 Å². The van der Waals surface area contributed by atoms with E-state index >= 15 is 0 Å². The smallest absolute Gasteiger partial charge is 0.137 e. The fourth-order valence-corrected chi connectivity index (χ4v) is 3.91. The minimum absolute atomic E-state index is 0.199. The van der Waals surface area contributed by atoms with Gasteiger partial charge in [-0.15, -0.1) is 4.31 Å². The molecule has 1 unspecified atom stereocenters. The van der Waals surface area contributed by atoms with Crippen molar-refractivity contribution in [3.8, 4) is 5.75 Å². The zero-order chi connectivity index (χ0) is 14.0. The quantitative estimate of drug-likeness (QED) is 0.798. The van der Waals surface area contributed by atoms with E-state index in [2.05, 4.69) is 16.4 Å². The van der Waals surface area contributed by atoms with E-state index in [0.717, 1.165) is 25.1 Å². The summed E-state index contributed by atoms with van der Waals surface area (Å²) in [6.45, 7) is 7.02. The van der Waals surface area contributed by atoms with Crippen LogP contribution in [0.2, 0.25) is 0 Å². The molecule has 0 aliphatic carbocycles. The number of hydrogen-bond acceptors (Lipinski definition) is 3. The van der Waals surface area contributed by atoms with Gasteiger partial charge in [-0.05, 0) is 51.3 Å². The molecule has 2 rings (SSSR count). The maximum atomic E-state index is 12.6. The highest BCUT2D eigenvalue weighted by Gasteiger charge is 2.40. The molecular weight excluding hydrogens is 258 g/mol. The Labute approximate surface area is 119 Å². The molecule has 19 heavy (non-hydrogen) atoms. The number of nitrogens with zero attached hydrogens (tertiary/aromatic N) is 1. The second-order valence-corrected chi connectivity index (χ2v) is 8.13. The van der Waals surface area contributed by atoms with Crippen LogP contribution in [-0.4, -0.2) is 27.3 Å². The molecule has 106 valence electrons. The SMILES string of the molecule is COc1ccc(C2CCCN2[S@@+]([O-])C(C)(C)C)cc1. The van der Waals surface area contributed by atoms with E-state index in [1.165, 1.54) is 5.56 Å². The topological polar surface area (TPSA) is 35.5 Å². The summed E-state index contributed by atoms with van der Waals surface area (Å²) in [5.74, 6) is 0.866. The van der Waals surface area contributed by atoms with Gasteiger partial charge in [0, 0.05) is 17.9 Å². The summed E-state index contributed by atoms with van der Waals surface area (Å²) in [6, 6.07) is 8.40. The lowest BCUT2D eigenvalue weighted by Crippen LogP contribution is -2.42. The molecule has 0 bridgehead atoms. The molecule has 1 aliphatic rings. The van der Waals surface area contributed by atoms with Crippen molar-refractivity contribution in [1.82, 2.24) is 4.31 Å². The molecule has 1 heterocycles. The van der Waals surface area contributed by atoms with Crippen LogP contribution in [0, 0.1) is 0 Å². The molecule has 0 spiro atoms. The largest absolute Gasteiger partial charge is 0.597 e. The normalized spacial score (nSPS) is 22.5. The lowest BCUT2D eigenvalue weighted by atomic mass is 10.1. The fourth-order valence-electron chi connectivity index (χ4n) is 2.45. The zero-order valence-corrected chi connectivity index (χ0v) is 13.0. The van der Waals surface area contributed by atoms with Crippen molar-refractivity contribution in [3.63, 3.8) is 0 Å². The monoisotopic (exact) mass is 281 g/mol. The third-order valence-corrected chi connectivity index (χ3v) is 5.35. The van der Waals surface area contributed by atoms with Crippen molar-refractivity contribution in [2.45, 2.75) is 44.4 Å². The van der Waals surface area contributed by atoms with Crippen molar-refractivity contribution < 1.29 is 9.29 Å². The third-order valence-electron chi connectivity index (χ3n) is 3.44. The molecule has 1 aromatic carbocycles. The van der Waals surface area contributed by atoms with Crippen LogP contribution in [0.4, 0.5) is 0 Å². The summed E-state index contributed by atoms with van der Waals surface area (Å²) in [7, 11) is 1.67. The van der Waals surface area contributed by atoms with Gasteiger partial charge < -0.3 is 9.29 Å². The van der Waals surface area contributed by atoms with Gasteiger partial charge in [0.1, 0.15) is 10.5 Å². The van der Waals surface area contributed by atoms with Gasteiger partial charge in [0.2, 0.25) is 0 Å². The highest BCUT2D eigenvalue weighted by Crippen LogP contribution is 2.38. The second kappa shape index (κ2) is 5.73. The Bertz CT molecular complexity index is 413. The molecule has 1 saturated heterocycles. The third kappa shape index (κ3) is 3.25. The summed E-state index contributed by atoms with van der Waals surface area (Å²) in [4.78, 5) is 0. The van der Waals surface area contributed by atoms with Crippen LogP contribution in [0.3, 0.4) is 0 Å². The van der Waals surface area contributed by atoms with E-state index in [4.69, 9.17) is 4.74 Å². The van der Waals surface area contributed by atoms with Gasteiger partial charge in [0.05, 0.1) is 13.2 Å². The van der Waals surface area contributed by atoms with E-state index in [0.29, 0.717) is 0 Å². The summed E-state index contributed by atoms with van der Waals surface area (Å²) in [5.41, 5.74) is 1.23. The highest BCUT2D eigenvalue weighted by molar-refractivity contribution is 7.90. The number of ether oxygens (including phenoxy) is 1. The standard InChI is InChI=1S/C15H23NO2S/c1-15(2,3)19(17)16-11-5-6-14(16)12-7-9-13(18-4)10-8-12/h7-10,14H,5-6,11H2,1-4H3/t14?,19-/m0/s1. The Kier molecular flexibility index (Phi) is 4.43. The Morgan fingerprint density at radius 2 is 1.89 bits per heavy atom.